The number of nitrogens with zero attached hydrogens (tertiary/aromatic N) is 7. The van der Waals surface area contributed by atoms with Gasteiger partial charge < -0.3 is 18.4 Å². The van der Waals surface area contributed by atoms with E-state index in [0.717, 1.165) is 114 Å². The highest BCUT2D eigenvalue weighted by Crippen LogP contribution is 2.46. The third kappa shape index (κ3) is 5.60. The van der Waals surface area contributed by atoms with Crippen molar-refractivity contribution in [2.75, 3.05) is 11.5 Å². The molecule has 0 radical (unpaired) electrons. The number of fused-ring (bicyclic) bond motifs is 5. The molecule has 0 aliphatic carbocycles. The van der Waals surface area contributed by atoms with Gasteiger partial charge >= 0.3 is 0 Å². The van der Waals surface area contributed by atoms with Crippen LogP contribution < -0.4 is 9.64 Å². The predicted octanol–water partition coefficient (Wildman–Crippen LogP) is 10.0. The molecule has 2 aliphatic heterocycles. The summed E-state index contributed by atoms with van der Waals surface area (Å²) in [6.07, 6.45) is 7.67. The Hall–Kier alpha value is -4.99. The number of alkyl halides is 1. The van der Waals surface area contributed by atoms with Crippen molar-refractivity contribution >= 4 is 56.6 Å². The van der Waals surface area contributed by atoms with Crippen LogP contribution in [0.4, 0.5) is 5.69 Å². The van der Waals surface area contributed by atoms with Gasteiger partial charge in [-0.25, -0.2) is 4.98 Å². The molecule has 11 heteroatoms. The Morgan fingerprint density at radius 3 is 2.49 bits per heavy atom. The SMILES string of the molecule is Cc1cc(OCCCc2c3n(c4c(-c5c(C)nn(C)c5C)cccc24)C(C)[C@@H](Cl)N(c2cn(C)c4ccc(-c5cn6c(n5)CCC6)cc24)C3=O)cc(C)c1Cl. The maximum absolute atomic E-state index is 15.3. The summed E-state index contributed by atoms with van der Waals surface area (Å²) in [5, 5.41) is 7.54. The molecule has 0 saturated heterocycles. The van der Waals surface area contributed by atoms with Gasteiger partial charge in [0.05, 0.1) is 35.2 Å². The molecule has 7 aromatic rings. The maximum Gasteiger partial charge on any atom is 0.276 e. The highest BCUT2D eigenvalue weighted by atomic mass is 35.5. The minimum absolute atomic E-state index is 0.112. The van der Waals surface area contributed by atoms with Gasteiger partial charge in [-0.15, -0.1) is 0 Å². The number of para-hydroxylation sites is 1. The first kappa shape index (κ1) is 35.7. The number of amides is 1. The highest BCUT2D eigenvalue weighted by molar-refractivity contribution is 6.32. The number of rotatable bonds is 8. The number of hydrogen-bond acceptors (Lipinski definition) is 4. The number of carbonyl (C=O) groups excluding carboxylic acids is 1. The van der Waals surface area contributed by atoms with Crippen molar-refractivity contribution in [3.05, 3.63) is 106 Å². The second-order valence-electron chi connectivity index (χ2n) is 15.4. The van der Waals surface area contributed by atoms with Crippen LogP contribution in [0, 0.1) is 27.7 Å². The molecule has 1 unspecified atom stereocenters. The molecule has 2 atom stereocenters. The molecule has 0 N–H and O–H groups in total. The monoisotopic (exact) mass is 773 g/mol. The summed E-state index contributed by atoms with van der Waals surface area (Å²) in [6.45, 7) is 11.7. The van der Waals surface area contributed by atoms with E-state index in [0.29, 0.717) is 25.1 Å². The second kappa shape index (κ2) is 13.3. The molecular weight excluding hydrogens is 729 g/mol. The summed E-state index contributed by atoms with van der Waals surface area (Å²) in [5.74, 6) is 1.81. The van der Waals surface area contributed by atoms with Crippen molar-refractivity contribution in [3.63, 3.8) is 0 Å². The van der Waals surface area contributed by atoms with Gasteiger partial charge in [-0.2, -0.15) is 5.10 Å². The zero-order chi connectivity index (χ0) is 38.4. The molecule has 2 aliphatic rings. The molecule has 9 rings (SSSR count). The van der Waals surface area contributed by atoms with Crippen LogP contribution in [0.3, 0.4) is 0 Å². The number of aryl methyl sites for hydroxylation is 8. The zero-order valence-corrected chi connectivity index (χ0v) is 33.9. The van der Waals surface area contributed by atoms with Crippen molar-refractivity contribution in [1.29, 1.82) is 0 Å². The first-order chi connectivity index (χ1) is 26.4. The Kier molecular flexibility index (Phi) is 8.66. The van der Waals surface area contributed by atoms with Crippen LogP contribution in [0.25, 0.3) is 44.2 Å². The van der Waals surface area contributed by atoms with Crippen molar-refractivity contribution in [3.8, 4) is 28.1 Å². The van der Waals surface area contributed by atoms with E-state index >= 15 is 4.79 Å². The summed E-state index contributed by atoms with van der Waals surface area (Å²) in [6, 6.07) is 16.5. The Balaban J connectivity index is 1.17. The quantitative estimate of drug-likeness (QED) is 0.0876. The number of halogens is 2. The van der Waals surface area contributed by atoms with Crippen molar-refractivity contribution in [2.24, 2.45) is 14.1 Å². The van der Waals surface area contributed by atoms with E-state index in [4.69, 9.17) is 38.0 Å². The minimum atomic E-state index is -0.655. The number of imidazole rings is 1. The van der Waals surface area contributed by atoms with Gasteiger partial charge in [-0.3, -0.25) is 14.4 Å². The normalized spacial score (nSPS) is 16.8. The summed E-state index contributed by atoms with van der Waals surface area (Å²) in [7, 11) is 4.00. The van der Waals surface area contributed by atoms with Crippen molar-refractivity contribution < 1.29 is 9.53 Å². The number of benzene rings is 3. The molecule has 9 nitrogen and oxygen atoms in total. The van der Waals surface area contributed by atoms with E-state index in [1.165, 1.54) is 0 Å². The van der Waals surface area contributed by atoms with Crippen LogP contribution >= 0.6 is 23.2 Å². The largest absolute Gasteiger partial charge is 0.494 e. The topological polar surface area (TPSA) is 75.0 Å². The van der Waals surface area contributed by atoms with Crippen LogP contribution in [-0.2, 0) is 33.5 Å². The Bertz CT molecular complexity index is 2650. The molecule has 3 aromatic carbocycles. The second-order valence-corrected chi connectivity index (χ2v) is 16.2. The van der Waals surface area contributed by atoms with Crippen molar-refractivity contribution in [1.82, 2.24) is 28.5 Å². The fourth-order valence-electron chi connectivity index (χ4n) is 9.04. The zero-order valence-electron chi connectivity index (χ0n) is 32.4. The van der Waals surface area contributed by atoms with Crippen LogP contribution in [-0.4, -0.2) is 46.5 Å². The first-order valence-corrected chi connectivity index (χ1v) is 19.9. The molecule has 4 aromatic heterocycles. The molecule has 55 heavy (non-hydrogen) atoms. The van der Waals surface area contributed by atoms with E-state index in [9.17, 15) is 0 Å². The molecule has 0 fully saturated rings. The van der Waals surface area contributed by atoms with Crippen LogP contribution in [0.1, 0.15) is 70.2 Å². The number of hydrogen-bond donors (Lipinski definition) is 0. The Morgan fingerprint density at radius 1 is 0.982 bits per heavy atom. The van der Waals surface area contributed by atoms with E-state index in [-0.39, 0.29) is 11.9 Å². The molecule has 0 bridgehead atoms. The Labute approximate surface area is 331 Å². The molecule has 0 spiro atoms. The van der Waals surface area contributed by atoms with Gasteiger partial charge in [-0.1, -0.05) is 47.5 Å². The van der Waals surface area contributed by atoms with Gasteiger partial charge in [0.2, 0.25) is 0 Å². The first-order valence-electron chi connectivity index (χ1n) is 19.1. The summed E-state index contributed by atoms with van der Waals surface area (Å²) in [5.41, 5.74) is 11.9. The minimum Gasteiger partial charge on any atom is -0.494 e. The number of ether oxygens (including phenoxy) is 1. The lowest BCUT2D eigenvalue weighted by molar-refractivity contribution is 0.0951. The average Bonchev–Trinajstić information content (AvgIpc) is 3.96. The fraction of sp³-hybridized carbons (Fsp3) is 0.341. The number of anilines is 1. The molecule has 6 heterocycles. The van der Waals surface area contributed by atoms with Gasteiger partial charge in [0.25, 0.3) is 5.91 Å². The number of aromatic nitrogens is 6. The van der Waals surface area contributed by atoms with Crippen LogP contribution in [0.5, 0.6) is 5.75 Å². The summed E-state index contributed by atoms with van der Waals surface area (Å²) >= 11 is 14.0. The molecule has 282 valence electrons. The summed E-state index contributed by atoms with van der Waals surface area (Å²) < 4.78 is 14.7. The smallest absolute Gasteiger partial charge is 0.276 e. The van der Waals surface area contributed by atoms with E-state index in [2.05, 4.69) is 70.1 Å². The molecule has 0 saturated carbocycles. The third-order valence-electron chi connectivity index (χ3n) is 11.8. The van der Waals surface area contributed by atoms with E-state index < -0.39 is 5.50 Å². The molecular formula is C44H45Cl2N7O2. The maximum atomic E-state index is 15.3. The van der Waals surface area contributed by atoms with Gasteiger partial charge in [0.15, 0.2) is 0 Å². The molecule has 1 amide bonds. The highest BCUT2D eigenvalue weighted by Gasteiger charge is 2.42. The van der Waals surface area contributed by atoms with Crippen molar-refractivity contribution in [2.45, 2.75) is 78.4 Å². The van der Waals surface area contributed by atoms with Gasteiger partial charge in [-0.05, 0) is 94.8 Å². The third-order valence-corrected chi connectivity index (χ3v) is 13.0. The van der Waals surface area contributed by atoms with Gasteiger partial charge in [0, 0.05) is 83.2 Å². The van der Waals surface area contributed by atoms with E-state index in [1.54, 1.807) is 0 Å². The lowest BCUT2D eigenvalue weighted by Crippen LogP contribution is -2.47. The standard InChI is InChI=1S/C44H45Cl2N7O2/c1-24-19-30(20-25(2)40(24)45)55-18-10-13-32-31-11-8-12-33(39-26(3)48-50(7)27(39)4)41(31)52-28(5)43(46)53(44(54)42(32)52)37-23-49(6)36-16-15-29(21-34(36)37)35-22-51-17-9-14-38(51)47-35/h8,11-12,15-16,19-23,28,43H,9-10,13-14,17-18H2,1-7H3/t28?,43-/m0/s1. The lowest BCUT2D eigenvalue weighted by Gasteiger charge is -2.38. The summed E-state index contributed by atoms with van der Waals surface area (Å²) in [4.78, 5) is 22.1. The fourth-order valence-corrected chi connectivity index (χ4v) is 9.46. The Morgan fingerprint density at radius 2 is 1.76 bits per heavy atom. The van der Waals surface area contributed by atoms with Crippen LogP contribution in [0.2, 0.25) is 5.02 Å². The predicted molar refractivity (Wildman–Crippen MR) is 222 cm³/mol. The van der Waals surface area contributed by atoms with E-state index in [1.807, 2.05) is 62.8 Å². The lowest BCUT2D eigenvalue weighted by atomic mass is 9.98. The van der Waals surface area contributed by atoms with Crippen LogP contribution in [0.15, 0.2) is 60.9 Å². The number of carbonyl (C=O) groups is 1. The average molecular weight is 775 g/mol. The van der Waals surface area contributed by atoms with Gasteiger partial charge in [0.1, 0.15) is 22.8 Å².